The molecule has 5 heteroatoms. The number of hydrogen-bond acceptors (Lipinski definition) is 5. The summed E-state index contributed by atoms with van der Waals surface area (Å²) >= 11 is 0. The molecular formula is C46H90N2O3. The first-order valence-corrected chi connectivity index (χ1v) is 21.5. The fourth-order valence-electron chi connectivity index (χ4n) is 12.2. The molecule has 0 aromatic rings. The third-order valence-electron chi connectivity index (χ3n) is 13.9. The summed E-state index contributed by atoms with van der Waals surface area (Å²) in [6.07, 6.45) is 20.1. The summed E-state index contributed by atoms with van der Waals surface area (Å²) in [5.41, 5.74) is 2.57. The number of Topliss-reactive ketones (excluding diaryl/α,β-unsaturated/α-hetero) is 1. The van der Waals surface area contributed by atoms with Crippen molar-refractivity contribution in [3.05, 3.63) is 12.2 Å². The van der Waals surface area contributed by atoms with E-state index >= 15 is 0 Å². The Labute approximate surface area is 319 Å². The number of allylic oxidation sites excluding steroid dienone is 1. The van der Waals surface area contributed by atoms with Gasteiger partial charge < -0.3 is 20.5 Å². The van der Waals surface area contributed by atoms with Crippen LogP contribution in [-0.4, -0.2) is 51.0 Å². The second kappa shape index (κ2) is 23.7. The average molecular weight is 719 g/mol. The predicted octanol–water partition coefficient (Wildman–Crippen LogP) is 11.5. The standard InChI is InChI=1S/C31H52O.C9H20N2O.C3H8.C2H6.CH4O/c1-9-16-30(8)25(28(4,5)6)15-18-29(7)24-14-19-31(20-32)17-10-11-22(21(2)3)27(31)23(24)12-13-26(29)30;1-8(12)9(11-3)6-4-5-7-10-2;1-3-2;2*1-2/h20,22-27H,2,9-19H2,1,3-8H3;9-11H,4-7H2,1-3H3;3H2,1-2H3;1-2H3;2H,1H3. The van der Waals surface area contributed by atoms with Crippen molar-refractivity contribution in [2.24, 2.45) is 57.2 Å². The number of rotatable bonds is 11. The number of nitrogens with one attached hydrogen (secondary N) is 2. The summed E-state index contributed by atoms with van der Waals surface area (Å²) in [4.78, 5) is 23.6. The van der Waals surface area contributed by atoms with Gasteiger partial charge in [-0.15, -0.1) is 0 Å². The molecule has 0 amide bonds. The van der Waals surface area contributed by atoms with Gasteiger partial charge in [-0.05, 0) is 157 Å². The van der Waals surface area contributed by atoms with Crippen LogP contribution in [-0.2, 0) is 9.59 Å². The van der Waals surface area contributed by atoms with E-state index in [2.05, 4.69) is 79.5 Å². The van der Waals surface area contributed by atoms with Crippen LogP contribution in [0.15, 0.2) is 12.2 Å². The SMILES string of the molecule is C=C(C)C1CCCC2(C=O)CCC3C(CCC4C3(C)CCC(C(C)(C)C)C4(C)CCC)C12.CC.CCC.CNCCCCC(NC)C(C)=O.CO. The number of carbonyl (C=O) groups is 2. The Morgan fingerprint density at radius 2 is 1.55 bits per heavy atom. The van der Waals surface area contributed by atoms with Gasteiger partial charge in [-0.2, -0.15) is 0 Å². The van der Waals surface area contributed by atoms with Gasteiger partial charge in [0.2, 0.25) is 0 Å². The zero-order chi connectivity index (χ0) is 39.6. The molecule has 4 aliphatic carbocycles. The molecule has 0 saturated heterocycles. The van der Waals surface area contributed by atoms with Crippen molar-refractivity contribution in [3.8, 4) is 0 Å². The number of aliphatic hydroxyl groups excluding tert-OH is 1. The van der Waals surface area contributed by atoms with Gasteiger partial charge in [0.25, 0.3) is 0 Å². The van der Waals surface area contributed by atoms with Gasteiger partial charge in [-0.1, -0.05) is 107 Å². The summed E-state index contributed by atoms with van der Waals surface area (Å²) in [5, 5.41) is 13.1. The number of aldehydes is 1. The Morgan fingerprint density at radius 1 is 0.941 bits per heavy atom. The van der Waals surface area contributed by atoms with E-state index in [4.69, 9.17) is 5.11 Å². The number of likely N-dealkylation sites (N-methyl/N-ethyl adjacent to an activating group) is 1. The number of aliphatic hydroxyl groups is 1. The van der Waals surface area contributed by atoms with E-state index in [0.29, 0.717) is 28.1 Å². The lowest BCUT2D eigenvalue weighted by molar-refractivity contribution is -0.194. The first-order valence-electron chi connectivity index (χ1n) is 21.5. The summed E-state index contributed by atoms with van der Waals surface area (Å²) < 4.78 is 0. The van der Waals surface area contributed by atoms with E-state index in [-0.39, 0.29) is 17.2 Å². The Kier molecular flexibility index (Phi) is 23.2. The predicted molar refractivity (Wildman–Crippen MR) is 223 cm³/mol. The van der Waals surface area contributed by atoms with Crippen LogP contribution in [0.25, 0.3) is 0 Å². The van der Waals surface area contributed by atoms with Crippen molar-refractivity contribution in [2.45, 2.75) is 185 Å². The Morgan fingerprint density at radius 3 is 2.02 bits per heavy atom. The van der Waals surface area contributed by atoms with Crippen molar-refractivity contribution in [1.82, 2.24) is 10.6 Å². The molecule has 4 rings (SSSR count). The second-order valence-electron chi connectivity index (χ2n) is 18.1. The lowest BCUT2D eigenvalue weighted by Gasteiger charge is -2.68. The van der Waals surface area contributed by atoms with Crippen LogP contribution < -0.4 is 10.6 Å². The zero-order valence-electron chi connectivity index (χ0n) is 36.9. The van der Waals surface area contributed by atoms with Gasteiger partial charge in [0.15, 0.2) is 0 Å². The smallest absolute Gasteiger partial charge is 0.146 e. The van der Waals surface area contributed by atoms with Crippen LogP contribution in [0.1, 0.15) is 179 Å². The summed E-state index contributed by atoms with van der Waals surface area (Å²) in [6.45, 7) is 32.9. The first kappa shape index (κ1) is 50.0. The molecule has 0 bridgehead atoms. The van der Waals surface area contributed by atoms with Crippen molar-refractivity contribution in [2.75, 3.05) is 27.7 Å². The maximum absolute atomic E-state index is 12.6. The minimum Gasteiger partial charge on any atom is -0.400 e. The minimum atomic E-state index is -0.0540. The van der Waals surface area contributed by atoms with Crippen LogP contribution in [0.2, 0.25) is 0 Å². The number of hydrogen-bond donors (Lipinski definition) is 3. The molecule has 3 N–H and O–H groups in total. The van der Waals surface area contributed by atoms with Crippen LogP contribution in [0.5, 0.6) is 0 Å². The van der Waals surface area contributed by atoms with Crippen molar-refractivity contribution < 1.29 is 14.7 Å². The third-order valence-corrected chi connectivity index (χ3v) is 13.9. The molecule has 51 heavy (non-hydrogen) atoms. The van der Waals surface area contributed by atoms with Crippen molar-refractivity contribution >= 4 is 12.1 Å². The summed E-state index contributed by atoms with van der Waals surface area (Å²) in [5.74, 6) is 4.55. The largest absolute Gasteiger partial charge is 0.400 e. The molecule has 0 spiro atoms. The maximum Gasteiger partial charge on any atom is 0.146 e. The normalized spacial score (nSPS) is 34.3. The molecule has 10 unspecified atom stereocenters. The molecule has 302 valence electrons. The van der Waals surface area contributed by atoms with E-state index in [9.17, 15) is 9.59 Å². The highest BCUT2D eigenvalue weighted by Crippen LogP contribution is 2.71. The highest BCUT2D eigenvalue weighted by atomic mass is 16.2. The molecule has 10 atom stereocenters. The molecule has 4 fully saturated rings. The van der Waals surface area contributed by atoms with Gasteiger partial charge in [0, 0.05) is 12.5 Å². The quantitative estimate of drug-likeness (QED) is 0.113. The molecule has 0 aromatic carbocycles. The van der Waals surface area contributed by atoms with E-state index < -0.39 is 0 Å². The third kappa shape index (κ3) is 12.2. The van der Waals surface area contributed by atoms with Gasteiger partial charge in [0.05, 0.1) is 6.04 Å². The van der Waals surface area contributed by atoms with E-state index in [1.165, 1.54) is 76.1 Å². The lowest BCUT2D eigenvalue weighted by atomic mass is 9.36. The highest BCUT2D eigenvalue weighted by Gasteiger charge is 2.64. The molecule has 5 nitrogen and oxygen atoms in total. The summed E-state index contributed by atoms with van der Waals surface area (Å²) in [6, 6.07) is 0.0573. The zero-order valence-corrected chi connectivity index (χ0v) is 36.9. The fraction of sp³-hybridized carbons (Fsp3) is 0.913. The molecule has 0 aliphatic heterocycles. The minimum absolute atomic E-state index is 0.0540. The van der Waals surface area contributed by atoms with Crippen molar-refractivity contribution in [3.63, 3.8) is 0 Å². The van der Waals surface area contributed by atoms with Gasteiger partial charge in [-0.3, -0.25) is 4.79 Å². The molecule has 4 saturated carbocycles. The van der Waals surface area contributed by atoms with Gasteiger partial charge >= 0.3 is 0 Å². The Hall–Kier alpha value is -1.04. The fourth-order valence-corrected chi connectivity index (χ4v) is 12.2. The Balaban J connectivity index is 0.00000110. The van der Waals surface area contributed by atoms with E-state index in [1.807, 2.05) is 27.9 Å². The van der Waals surface area contributed by atoms with Crippen LogP contribution >= 0.6 is 0 Å². The monoisotopic (exact) mass is 719 g/mol. The molecule has 0 heterocycles. The number of ketones is 1. The molecular weight excluding hydrogens is 629 g/mol. The Bertz CT molecular complexity index is 989. The van der Waals surface area contributed by atoms with Gasteiger partial charge in [0.1, 0.15) is 12.1 Å². The van der Waals surface area contributed by atoms with Gasteiger partial charge in [-0.25, -0.2) is 0 Å². The maximum atomic E-state index is 12.6. The molecule has 0 aromatic heterocycles. The van der Waals surface area contributed by atoms with Crippen LogP contribution in [0.4, 0.5) is 0 Å². The molecule has 0 radical (unpaired) electrons. The number of fused-ring (bicyclic) bond motifs is 5. The topological polar surface area (TPSA) is 78.4 Å². The van der Waals surface area contributed by atoms with E-state index in [1.54, 1.807) is 6.92 Å². The van der Waals surface area contributed by atoms with E-state index in [0.717, 1.165) is 69.4 Å². The average Bonchev–Trinajstić information content (AvgIpc) is 3.09. The van der Waals surface area contributed by atoms with Crippen LogP contribution in [0.3, 0.4) is 0 Å². The second-order valence-corrected chi connectivity index (χ2v) is 18.1. The number of unbranched alkanes of at least 4 members (excludes halogenated alkanes) is 1. The van der Waals surface area contributed by atoms with Crippen LogP contribution in [0, 0.1) is 57.2 Å². The lowest BCUT2D eigenvalue weighted by Crippen LogP contribution is -2.62. The number of carbonyl (C=O) groups excluding carboxylic acids is 2. The first-order chi connectivity index (χ1) is 24.1. The van der Waals surface area contributed by atoms with Crippen molar-refractivity contribution in [1.29, 1.82) is 0 Å². The summed E-state index contributed by atoms with van der Waals surface area (Å²) in [7, 11) is 4.78. The molecule has 4 aliphatic rings. The highest BCUT2D eigenvalue weighted by molar-refractivity contribution is 5.81.